The van der Waals surface area contributed by atoms with Gasteiger partial charge in [-0.15, -0.1) is 0 Å². The normalized spacial score (nSPS) is 14.6. The Morgan fingerprint density at radius 2 is 1.78 bits per heavy atom. The van der Waals surface area contributed by atoms with E-state index in [1.54, 1.807) is 0 Å². The molecule has 0 amide bonds. The SMILES string of the molecule is CCCCCCC(C)(CCCC)Cc1cn[nH]n1. The van der Waals surface area contributed by atoms with E-state index >= 15 is 0 Å². The molecule has 104 valence electrons. The second-order valence-electron chi connectivity index (χ2n) is 5.86. The fourth-order valence-electron chi connectivity index (χ4n) is 2.63. The second kappa shape index (κ2) is 8.28. The van der Waals surface area contributed by atoms with Gasteiger partial charge in [0, 0.05) is 0 Å². The summed E-state index contributed by atoms with van der Waals surface area (Å²) in [5, 5.41) is 10.9. The number of aromatic amines is 1. The highest BCUT2D eigenvalue weighted by molar-refractivity contribution is 4.96. The van der Waals surface area contributed by atoms with Crippen LogP contribution in [0.3, 0.4) is 0 Å². The van der Waals surface area contributed by atoms with Crippen LogP contribution in [0.1, 0.15) is 77.8 Å². The highest BCUT2D eigenvalue weighted by Gasteiger charge is 2.24. The molecule has 1 rings (SSSR count). The first-order chi connectivity index (χ1) is 8.70. The summed E-state index contributed by atoms with van der Waals surface area (Å²) in [6, 6.07) is 0. The van der Waals surface area contributed by atoms with E-state index in [-0.39, 0.29) is 0 Å². The molecule has 0 aliphatic heterocycles. The van der Waals surface area contributed by atoms with E-state index in [9.17, 15) is 0 Å². The van der Waals surface area contributed by atoms with E-state index in [0.717, 1.165) is 12.1 Å². The number of H-pyrrole nitrogens is 1. The van der Waals surface area contributed by atoms with Crippen LogP contribution in [0.4, 0.5) is 0 Å². The van der Waals surface area contributed by atoms with Gasteiger partial charge in [0.15, 0.2) is 0 Å². The summed E-state index contributed by atoms with van der Waals surface area (Å²) in [5.41, 5.74) is 1.52. The smallest absolute Gasteiger partial charge is 0.0830 e. The lowest BCUT2D eigenvalue weighted by atomic mass is 9.76. The van der Waals surface area contributed by atoms with Crippen molar-refractivity contribution in [2.24, 2.45) is 5.41 Å². The summed E-state index contributed by atoms with van der Waals surface area (Å²) in [5.74, 6) is 0. The molecule has 0 spiro atoms. The van der Waals surface area contributed by atoms with Gasteiger partial charge in [-0.05, 0) is 24.7 Å². The zero-order chi connectivity index (χ0) is 13.3. The van der Waals surface area contributed by atoms with Gasteiger partial charge in [-0.25, -0.2) is 0 Å². The van der Waals surface area contributed by atoms with Crippen LogP contribution in [0.25, 0.3) is 0 Å². The number of hydrogen-bond donors (Lipinski definition) is 1. The molecule has 18 heavy (non-hydrogen) atoms. The molecule has 0 saturated heterocycles. The molecule has 0 fully saturated rings. The molecule has 1 heterocycles. The van der Waals surface area contributed by atoms with Crippen LogP contribution >= 0.6 is 0 Å². The van der Waals surface area contributed by atoms with Crippen molar-refractivity contribution in [1.82, 2.24) is 15.4 Å². The third kappa shape index (κ3) is 5.65. The van der Waals surface area contributed by atoms with Crippen molar-refractivity contribution in [3.8, 4) is 0 Å². The van der Waals surface area contributed by atoms with Crippen LogP contribution in [0.2, 0.25) is 0 Å². The Hall–Kier alpha value is -0.860. The maximum atomic E-state index is 4.22. The summed E-state index contributed by atoms with van der Waals surface area (Å²) < 4.78 is 0. The molecular weight excluding hydrogens is 222 g/mol. The Morgan fingerprint density at radius 3 is 2.39 bits per heavy atom. The molecule has 1 aromatic rings. The Morgan fingerprint density at radius 1 is 1.06 bits per heavy atom. The number of nitrogens with zero attached hydrogens (tertiary/aromatic N) is 2. The van der Waals surface area contributed by atoms with Crippen LogP contribution < -0.4 is 0 Å². The van der Waals surface area contributed by atoms with Crippen LogP contribution in [0.5, 0.6) is 0 Å². The van der Waals surface area contributed by atoms with E-state index in [2.05, 4.69) is 36.2 Å². The van der Waals surface area contributed by atoms with Gasteiger partial charge in [0.1, 0.15) is 0 Å². The highest BCUT2D eigenvalue weighted by Crippen LogP contribution is 2.34. The Labute approximate surface area is 112 Å². The third-order valence-corrected chi connectivity index (χ3v) is 3.84. The average Bonchev–Trinajstić information content (AvgIpc) is 2.85. The van der Waals surface area contributed by atoms with Crippen LogP contribution in [-0.2, 0) is 6.42 Å². The van der Waals surface area contributed by atoms with E-state index in [4.69, 9.17) is 0 Å². The van der Waals surface area contributed by atoms with Gasteiger partial charge >= 0.3 is 0 Å². The highest BCUT2D eigenvalue weighted by atomic mass is 15.3. The molecule has 0 aliphatic carbocycles. The molecule has 0 radical (unpaired) electrons. The summed E-state index contributed by atoms with van der Waals surface area (Å²) in [6.07, 6.45) is 13.6. The van der Waals surface area contributed by atoms with Gasteiger partial charge in [-0.1, -0.05) is 59.3 Å². The van der Waals surface area contributed by atoms with Crippen LogP contribution in [0, 0.1) is 5.41 Å². The first-order valence-corrected chi connectivity index (χ1v) is 7.55. The number of unbranched alkanes of at least 4 members (excludes halogenated alkanes) is 4. The molecule has 1 N–H and O–H groups in total. The van der Waals surface area contributed by atoms with E-state index in [0.29, 0.717) is 5.41 Å². The van der Waals surface area contributed by atoms with Gasteiger partial charge in [0.2, 0.25) is 0 Å². The van der Waals surface area contributed by atoms with Gasteiger partial charge in [-0.2, -0.15) is 15.4 Å². The molecule has 0 aromatic carbocycles. The Kier molecular flexibility index (Phi) is 6.99. The molecule has 1 aromatic heterocycles. The monoisotopic (exact) mass is 251 g/mol. The lowest BCUT2D eigenvalue weighted by Crippen LogP contribution is -2.20. The fraction of sp³-hybridized carbons (Fsp3) is 0.867. The molecule has 1 unspecified atom stereocenters. The zero-order valence-corrected chi connectivity index (χ0v) is 12.3. The maximum absolute atomic E-state index is 4.22. The van der Waals surface area contributed by atoms with Crippen molar-refractivity contribution >= 4 is 0 Å². The average molecular weight is 251 g/mol. The van der Waals surface area contributed by atoms with Gasteiger partial charge < -0.3 is 0 Å². The molecule has 1 atom stereocenters. The molecule has 0 saturated carbocycles. The zero-order valence-electron chi connectivity index (χ0n) is 12.3. The summed E-state index contributed by atoms with van der Waals surface area (Å²) >= 11 is 0. The van der Waals surface area contributed by atoms with Gasteiger partial charge in [0.25, 0.3) is 0 Å². The Bertz CT molecular complexity index is 295. The lowest BCUT2D eigenvalue weighted by Gasteiger charge is -2.29. The fourth-order valence-corrected chi connectivity index (χ4v) is 2.63. The van der Waals surface area contributed by atoms with E-state index < -0.39 is 0 Å². The third-order valence-electron chi connectivity index (χ3n) is 3.84. The van der Waals surface area contributed by atoms with Crippen molar-refractivity contribution in [2.45, 2.75) is 78.6 Å². The molecule has 3 nitrogen and oxygen atoms in total. The van der Waals surface area contributed by atoms with Gasteiger partial charge in [0.05, 0.1) is 11.9 Å². The molecule has 0 bridgehead atoms. The first kappa shape index (κ1) is 15.2. The van der Waals surface area contributed by atoms with Crippen LogP contribution in [0.15, 0.2) is 6.20 Å². The maximum Gasteiger partial charge on any atom is 0.0830 e. The predicted octanol–water partition coefficient (Wildman–Crippen LogP) is 4.51. The topological polar surface area (TPSA) is 41.6 Å². The lowest BCUT2D eigenvalue weighted by molar-refractivity contribution is 0.249. The van der Waals surface area contributed by atoms with Crippen molar-refractivity contribution in [2.75, 3.05) is 0 Å². The number of rotatable bonds is 10. The molecule has 3 heteroatoms. The quantitative estimate of drug-likeness (QED) is 0.621. The number of aromatic nitrogens is 3. The standard InChI is InChI=1S/C15H29N3/c1-4-6-8-9-11-15(3,10-7-5-2)12-14-13-16-18-17-14/h13H,4-12H2,1-3H3,(H,16,17,18). The van der Waals surface area contributed by atoms with Crippen molar-refractivity contribution in [3.63, 3.8) is 0 Å². The van der Waals surface area contributed by atoms with Crippen molar-refractivity contribution in [1.29, 1.82) is 0 Å². The molecular formula is C15H29N3. The predicted molar refractivity (Wildman–Crippen MR) is 76.5 cm³/mol. The summed E-state index contributed by atoms with van der Waals surface area (Å²) in [6.45, 7) is 6.96. The van der Waals surface area contributed by atoms with Gasteiger partial charge in [-0.3, -0.25) is 0 Å². The molecule has 0 aliphatic rings. The minimum Gasteiger partial charge on any atom is -0.198 e. The summed E-state index contributed by atoms with van der Waals surface area (Å²) in [4.78, 5) is 0. The summed E-state index contributed by atoms with van der Waals surface area (Å²) in [7, 11) is 0. The number of nitrogens with one attached hydrogen (secondary N) is 1. The van der Waals surface area contributed by atoms with Crippen molar-refractivity contribution in [3.05, 3.63) is 11.9 Å². The largest absolute Gasteiger partial charge is 0.198 e. The minimum atomic E-state index is 0.403. The minimum absolute atomic E-state index is 0.403. The van der Waals surface area contributed by atoms with Crippen LogP contribution in [-0.4, -0.2) is 15.4 Å². The second-order valence-corrected chi connectivity index (χ2v) is 5.86. The number of hydrogen-bond acceptors (Lipinski definition) is 2. The van der Waals surface area contributed by atoms with E-state index in [1.807, 2.05) is 6.20 Å². The first-order valence-electron chi connectivity index (χ1n) is 7.55. The van der Waals surface area contributed by atoms with Crippen molar-refractivity contribution < 1.29 is 0 Å². The Balaban J connectivity index is 2.45. The van der Waals surface area contributed by atoms with E-state index in [1.165, 1.54) is 51.4 Å².